The van der Waals surface area contributed by atoms with E-state index in [-0.39, 0.29) is 25.7 Å². The van der Waals surface area contributed by atoms with Crippen LogP contribution in [0.25, 0.3) is 0 Å². The van der Waals surface area contributed by atoms with Crippen LogP contribution in [0.4, 0.5) is 0 Å². The molecule has 0 fully saturated rings. The monoisotopic (exact) mass is 1370 g/mol. The summed E-state index contributed by atoms with van der Waals surface area (Å²) in [6.07, 6.45) is 55.4. The molecule has 0 aliphatic rings. The molecule has 93 heavy (non-hydrogen) atoms. The van der Waals surface area contributed by atoms with Crippen LogP contribution in [0.2, 0.25) is 0 Å². The molecule has 0 aromatic carbocycles. The van der Waals surface area contributed by atoms with Crippen molar-refractivity contribution in [3.05, 3.63) is 0 Å². The van der Waals surface area contributed by atoms with Crippen molar-refractivity contribution in [1.82, 2.24) is 0 Å². The SMILES string of the molecule is CCCCCCCCCCCCCCCCCCC(=O)O[C@H](COC(=O)CCCCCCCCCCCCCCC(C)C)COP(=O)(O)OC[C@@H](O)COP(=O)(O)OC[C@@H](COC(=O)CCCCCCCCCC)OC(=O)CCCCCCCCCCCCCCCC. The van der Waals surface area contributed by atoms with Crippen molar-refractivity contribution in [2.24, 2.45) is 5.92 Å². The fourth-order valence-electron chi connectivity index (χ4n) is 11.4. The van der Waals surface area contributed by atoms with Crippen molar-refractivity contribution in [2.75, 3.05) is 39.6 Å². The van der Waals surface area contributed by atoms with E-state index in [0.717, 1.165) is 102 Å². The normalized spacial score (nSPS) is 14.0. The lowest BCUT2D eigenvalue weighted by Crippen LogP contribution is -2.30. The molecule has 0 saturated heterocycles. The lowest BCUT2D eigenvalue weighted by molar-refractivity contribution is -0.161. The third kappa shape index (κ3) is 68.4. The molecule has 0 aromatic heterocycles. The largest absolute Gasteiger partial charge is 0.472 e. The number of carbonyl (C=O) groups excluding carboxylic acids is 4. The molecule has 0 saturated carbocycles. The third-order valence-electron chi connectivity index (χ3n) is 17.3. The Morgan fingerprint density at radius 1 is 0.290 bits per heavy atom. The Balaban J connectivity index is 5.22. The summed E-state index contributed by atoms with van der Waals surface area (Å²) in [6.45, 7) is 7.28. The molecule has 0 rings (SSSR count). The van der Waals surface area contributed by atoms with Gasteiger partial charge >= 0.3 is 39.5 Å². The minimum absolute atomic E-state index is 0.108. The number of hydrogen-bond donors (Lipinski definition) is 3. The highest BCUT2D eigenvalue weighted by molar-refractivity contribution is 7.47. The fourth-order valence-corrected chi connectivity index (χ4v) is 12.9. The standard InChI is InChI=1S/C74H144O17P2/c1-6-9-12-15-18-21-23-25-27-28-30-36-40-45-50-55-60-74(79)91-70(64-85-72(77)58-53-48-43-38-34-32-31-33-37-41-46-51-56-67(4)5)66-89-93(82,83)87-62-68(75)61-86-92(80,81)88-65-69(63-84-71(76)57-52-47-42-20-17-14-11-8-3)90-73(78)59-54-49-44-39-35-29-26-24-22-19-16-13-10-7-2/h67-70,75H,6-66H2,1-5H3,(H,80,81)(H,82,83)/t68-,69+,70+/m0/s1. The van der Waals surface area contributed by atoms with Gasteiger partial charge in [0.15, 0.2) is 12.2 Å². The van der Waals surface area contributed by atoms with Gasteiger partial charge in [-0.2, -0.15) is 0 Å². The Hall–Kier alpha value is -1.94. The predicted octanol–water partition coefficient (Wildman–Crippen LogP) is 21.7. The van der Waals surface area contributed by atoms with Gasteiger partial charge in [0.25, 0.3) is 0 Å². The number of rotatable bonds is 74. The zero-order valence-electron chi connectivity index (χ0n) is 60.4. The van der Waals surface area contributed by atoms with Crippen molar-refractivity contribution in [2.45, 2.75) is 406 Å². The minimum atomic E-state index is -4.95. The molecule has 0 radical (unpaired) electrons. The smallest absolute Gasteiger partial charge is 0.462 e. The lowest BCUT2D eigenvalue weighted by Gasteiger charge is -2.21. The molecule has 5 atom stereocenters. The van der Waals surface area contributed by atoms with Crippen LogP contribution in [0.15, 0.2) is 0 Å². The second kappa shape index (κ2) is 67.3. The Bertz CT molecular complexity index is 1790. The van der Waals surface area contributed by atoms with Crippen molar-refractivity contribution < 1.29 is 80.2 Å². The molecule has 2 unspecified atom stereocenters. The second-order valence-corrected chi connectivity index (χ2v) is 30.1. The number of ether oxygens (including phenoxy) is 4. The summed E-state index contributed by atoms with van der Waals surface area (Å²) in [4.78, 5) is 72.7. The summed E-state index contributed by atoms with van der Waals surface area (Å²) in [5.74, 6) is -1.33. The van der Waals surface area contributed by atoms with Gasteiger partial charge in [-0.1, -0.05) is 336 Å². The summed E-state index contributed by atoms with van der Waals surface area (Å²) in [5, 5.41) is 10.6. The van der Waals surface area contributed by atoms with Crippen LogP contribution >= 0.6 is 15.6 Å². The molecule has 552 valence electrons. The molecule has 0 aliphatic carbocycles. The van der Waals surface area contributed by atoms with Crippen LogP contribution in [-0.2, 0) is 65.4 Å². The Labute approximate surface area is 568 Å². The number of phosphoric ester groups is 2. The first kappa shape index (κ1) is 91.1. The molecule has 0 spiro atoms. The van der Waals surface area contributed by atoms with Crippen LogP contribution < -0.4 is 0 Å². The summed E-state index contributed by atoms with van der Waals surface area (Å²) in [7, 11) is -9.90. The maximum absolute atomic E-state index is 13.1. The van der Waals surface area contributed by atoms with Crippen LogP contribution in [0, 0.1) is 5.92 Å². The summed E-state index contributed by atoms with van der Waals surface area (Å²) in [6, 6.07) is 0. The number of carbonyl (C=O) groups is 4. The van der Waals surface area contributed by atoms with E-state index in [1.54, 1.807) is 0 Å². The zero-order chi connectivity index (χ0) is 68.4. The first-order chi connectivity index (χ1) is 45.0. The molecular formula is C74H144O17P2. The fraction of sp³-hybridized carbons (Fsp3) is 0.946. The van der Waals surface area contributed by atoms with E-state index in [9.17, 15) is 43.2 Å². The number of aliphatic hydroxyl groups excluding tert-OH is 1. The number of aliphatic hydroxyl groups is 1. The molecule has 17 nitrogen and oxygen atoms in total. The van der Waals surface area contributed by atoms with E-state index >= 15 is 0 Å². The van der Waals surface area contributed by atoms with Gasteiger partial charge in [0, 0.05) is 25.7 Å². The highest BCUT2D eigenvalue weighted by Crippen LogP contribution is 2.45. The van der Waals surface area contributed by atoms with Crippen molar-refractivity contribution >= 4 is 39.5 Å². The lowest BCUT2D eigenvalue weighted by atomic mass is 10.0. The first-order valence-electron chi connectivity index (χ1n) is 38.6. The molecule has 3 N–H and O–H groups in total. The summed E-state index contributed by atoms with van der Waals surface area (Å²) >= 11 is 0. The number of unbranched alkanes of at least 4 members (excludes halogenated alkanes) is 46. The van der Waals surface area contributed by atoms with E-state index in [0.29, 0.717) is 25.7 Å². The topological polar surface area (TPSA) is 237 Å². The molecule has 0 amide bonds. The third-order valence-corrected chi connectivity index (χ3v) is 19.2. The van der Waals surface area contributed by atoms with Crippen molar-refractivity contribution in [3.63, 3.8) is 0 Å². The van der Waals surface area contributed by atoms with Gasteiger partial charge in [0.2, 0.25) is 0 Å². The van der Waals surface area contributed by atoms with Gasteiger partial charge in [0.1, 0.15) is 19.3 Å². The maximum atomic E-state index is 13.1. The minimum Gasteiger partial charge on any atom is -0.462 e. The zero-order valence-corrected chi connectivity index (χ0v) is 62.2. The highest BCUT2D eigenvalue weighted by Gasteiger charge is 2.30. The average Bonchev–Trinajstić information content (AvgIpc) is 1.71. The summed E-state index contributed by atoms with van der Waals surface area (Å²) < 4.78 is 68.4. The molecule has 0 aromatic rings. The number of hydrogen-bond acceptors (Lipinski definition) is 15. The van der Waals surface area contributed by atoms with Gasteiger partial charge in [-0.15, -0.1) is 0 Å². The first-order valence-corrected chi connectivity index (χ1v) is 41.6. The number of esters is 4. The molecule has 0 bridgehead atoms. The highest BCUT2D eigenvalue weighted by atomic mass is 31.2. The van der Waals surface area contributed by atoms with E-state index < -0.39 is 97.5 Å². The van der Waals surface area contributed by atoms with Crippen LogP contribution in [0.3, 0.4) is 0 Å². The van der Waals surface area contributed by atoms with Crippen LogP contribution in [0.1, 0.15) is 388 Å². The Morgan fingerprint density at radius 3 is 0.731 bits per heavy atom. The van der Waals surface area contributed by atoms with E-state index in [1.807, 2.05) is 0 Å². The van der Waals surface area contributed by atoms with Crippen molar-refractivity contribution in [1.29, 1.82) is 0 Å². The molecule has 0 heterocycles. The Kier molecular flexibility index (Phi) is 65.9. The average molecular weight is 1370 g/mol. The Morgan fingerprint density at radius 2 is 0.495 bits per heavy atom. The second-order valence-electron chi connectivity index (χ2n) is 27.2. The number of phosphoric acid groups is 2. The summed E-state index contributed by atoms with van der Waals surface area (Å²) in [5.41, 5.74) is 0. The van der Waals surface area contributed by atoms with Crippen LogP contribution in [-0.4, -0.2) is 96.7 Å². The molecule has 0 aliphatic heterocycles. The van der Waals surface area contributed by atoms with E-state index in [1.165, 1.54) is 205 Å². The van der Waals surface area contributed by atoms with E-state index in [2.05, 4.69) is 34.6 Å². The maximum Gasteiger partial charge on any atom is 0.472 e. The molecular weight excluding hydrogens is 1220 g/mol. The quantitative estimate of drug-likeness (QED) is 0.0222. The van der Waals surface area contributed by atoms with Crippen LogP contribution in [0.5, 0.6) is 0 Å². The predicted molar refractivity (Wildman–Crippen MR) is 377 cm³/mol. The van der Waals surface area contributed by atoms with E-state index in [4.69, 9.17) is 37.0 Å². The molecule has 19 heteroatoms. The van der Waals surface area contributed by atoms with Gasteiger partial charge in [-0.3, -0.25) is 37.3 Å². The van der Waals surface area contributed by atoms with Gasteiger partial charge < -0.3 is 33.8 Å². The van der Waals surface area contributed by atoms with Gasteiger partial charge in [-0.05, 0) is 31.6 Å². The van der Waals surface area contributed by atoms with Gasteiger partial charge in [-0.25, -0.2) is 9.13 Å². The van der Waals surface area contributed by atoms with Crippen molar-refractivity contribution in [3.8, 4) is 0 Å². The van der Waals surface area contributed by atoms with Gasteiger partial charge in [0.05, 0.1) is 26.4 Å².